The Hall–Kier alpha value is -2.25. The Morgan fingerprint density at radius 1 is 1.21 bits per heavy atom. The summed E-state index contributed by atoms with van der Waals surface area (Å²) < 4.78 is 34.5. The molecule has 0 bridgehead atoms. The summed E-state index contributed by atoms with van der Waals surface area (Å²) in [6.07, 6.45) is 0.786. The van der Waals surface area contributed by atoms with E-state index < -0.39 is 25.8 Å². The van der Waals surface area contributed by atoms with Gasteiger partial charge in [-0.25, -0.2) is 8.78 Å². The SMILES string of the molecule is CCOc1ccc2c(c1)CCN[C@H]2C(=O)Nc1cc(F)c([Si](C)(C)C)c(F)c1. The smallest absolute Gasteiger partial charge is 0.246 e. The maximum Gasteiger partial charge on any atom is 0.246 e. The van der Waals surface area contributed by atoms with Crippen LogP contribution in [0.15, 0.2) is 30.3 Å². The highest BCUT2D eigenvalue weighted by Gasteiger charge is 2.29. The molecule has 1 heterocycles. The Labute approximate surface area is 165 Å². The average Bonchev–Trinajstić information content (AvgIpc) is 2.59. The van der Waals surface area contributed by atoms with E-state index >= 15 is 0 Å². The molecule has 0 aliphatic carbocycles. The zero-order chi connectivity index (χ0) is 20.5. The third-order valence-corrected chi connectivity index (χ3v) is 6.78. The predicted octanol–water partition coefficient (Wildman–Crippen LogP) is 3.73. The number of amides is 1. The van der Waals surface area contributed by atoms with Crippen LogP contribution in [0.2, 0.25) is 19.6 Å². The van der Waals surface area contributed by atoms with Gasteiger partial charge < -0.3 is 15.4 Å². The molecule has 1 aliphatic rings. The van der Waals surface area contributed by atoms with E-state index in [0.717, 1.165) is 23.3 Å². The number of carbonyl (C=O) groups is 1. The zero-order valence-corrected chi connectivity index (χ0v) is 17.7. The van der Waals surface area contributed by atoms with E-state index in [-0.39, 0.29) is 16.8 Å². The van der Waals surface area contributed by atoms with Crippen LogP contribution in [0.5, 0.6) is 5.75 Å². The number of hydrogen-bond donors (Lipinski definition) is 2. The van der Waals surface area contributed by atoms with E-state index in [0.29, 0.717) is 13.2 Å². The molecule has 0 radical (unpaired) electrons. The van der Waals surface area contributed by atoms with Crippen LogP contribution in [0.25, 0.3) is 0 Å². The second kappa shape index (κ2) is 8.01. The Balaban J connectivity index is 1.83. The van der Waals surface area contributed by atoms with Gasteiger partial charge in [0.2, 0.25) is 5.91 Å². The molecule has 1 aliphatic heterocycles. The molecule has 2 aromatic rings. The van der Waals surface area contributed by atoms with Gasteiger partial charge in [-0.1, -0.05) is 25.7 Å². The molecule has 3 rings (SSSR count). The third-order valence-electron chi connectivity index (χ3n) is 4.80. The number of carbonyl (C=O) groups excluding carboxylic acids is 1. The van der Waals surface area contributed by atoms with Gasteiger partial charge in [-0.3, -0.25) is 4.79 Å². The van der Waals surface area contributed by atoms with Crippen molar-refractivity contribution in [2.75, 3.05) is 18.5 Å². The molecule has 0 saturated carbocycles. The van der Waals surface area contributed by atoms with Crippen LogP contribution in [0.3, 0.4) is 0 Å². The Bertz CT molecular complexity index is 873. The second-order valence-electron chi connectivity index (χ2n) is 7.98. The molecule has 7 heteroatoms. The first-order valence-electron chi connectivity index (χ1n) is 9.50. The first kappa shape index (κ1) is 20.5. The van der Waals surface area contributed by atoms with Gasteiger partial charge in [0.15, 0.2) is 0 Å². The Morgan fingerprint density at radius 3 is 2.50 bits per heavy atom. The summed E-state index contributed by atoms with van der Waals surface area (Å²) in [5, 5.41) is 5.98. The number of benzene rings is 2. The lowest BCUT2D eigenvalue weighted by molar-refractivity contribution is -0.118. The molecule has 0 aromatic heterocycles. The van der Waals surface area contributed by atoms with Gasteiger partial charge in [-0.15, -0.1) is 0 Å². The van der Waals surface area contributed by atoms with E-state index in [1.54, 1.807) is 0 Å². The van der Waals surface area contributed by atoms with Crippen molar-refractivity contribution in [3.05, 3.63) is 53.1 Å². The van der Waals surface area contributed by atoms with Crippen molar-refractivity contribution in [1.29, 1.82) is 0 Å². The predicted molar refractivity (Wildman–Crippen MR) is 110 cm³/mol. The van der Waals surface area contributed by atoms with Crippen LogP contribution in [0.4, 0.5) is 14.5 Å². The first-order chi connectivity index (χ1) is 13.2. The minimum atomic E-state index is -2.16. The van der Waals surface area contributed by atoms with E-state index in [9.17, 15) is 13.6 Å². The molecule has 0 fully saturated rings. The summed E-state index contributed by atoms with van der Waals surface area (Å²) in [6.45, 7) is 8.77. The molecule has 2 aromatic carbocycles. The van der Waals surface area contributed by atoms with E-state index in [4.69, 9.17) is 4.74 Å². The van der Waals surface area contributed by atoms with E-state index in [2.05, 4.69) is 10.6 Å². The highest BCUT2D eigenvalue weighted by atomic mass is 28.3. The van der Waals surface area contributed by atoms with Crippen molar-refractivity contribution < 1.29 is 18.3 Å². The summed E-state index contributed by atoms with van der Waals surface area (Å²) in [4.78, 5) is 12.8. The summed E-state index contributed by atoms with van der Waals surface area (Å²) in [6, 6.07) is 7.47. The van der Waals surface area contributed by atoms with Crippen LogP contribution in [0, 0.1) is 11.6 Å². The molecule has 1 amide bonds. The van der Waals surface area contributed by atoms with Gasteiger partial charge in [0.1, 0.15) is 23.4 Å². The van der Waals surface area contributed by atoms with Crippen molar-refractivity contribution in [3.63, 3.8) is 0 Å². The maximum absolute atomic E-state index is 14.5. The van der Waals surface area contributed by atoms with E-state index in [1.165, 1.54) is 12.1 Å². The van der Waals surface area contributed by atoms with E-state index in [1.807, 2.05) is 44.8 Å². The lowest BCUT2D eigenvalue weighted by atomic mass is 9.93. The number of rotatable bonds is 5. The highest BCUT2D eigenvalue weighted by Crippen LogP contribution is 2.28. The van der Waals surface area contributed by atoms with Crippen LogP contribution in [0.1, 0.15) is 24.1 Å². The van der Waals surface area contributed by atoms with Crippen molar-refractivity contribution in [2.24, 2.45) is 0 Å². The topological polar surface area (TPSA) is 50.4 Å². The molecular formula is C21H26F2N2O2Si. The fourth-order valence-electron chi connectivity index (χ4n) is 3.61. The zero-order valence-electron chi connectivity index (χ0n) is 16.7. The molecule has 0 saturated heterocycles. The number of ether oxygens (including phenoxy) is 1. The van der Waals surface area contributed by atoms with Crippen LogP contribution in [-0.4, -0.2) is 27.1 Å². The summed E-state index contributed by atoms with van der Waals surface area (Å²) >= 11 is 0. The summed E-state index contributed by atoms with van der Waals surface area (Å²) in [7, 11) is -2.16. The van der Waals surface area contributed by atoms with Crippen LogP contribution in [-0.2, 0) is 11.2 Å². The molecule has 0 unspecified atom stereocenters. The third kappa shape index (κ3) is 4.25. The lowest BCUT2D eigenvalue weighted by Crippen LogP contribution is -2.42. The van der Waals surface area contributed by atoms with Gasteiger partial charge >= 0.3 is 0 Å². The molecule has 28 heavy (non-hydrogen) atoms. The number of anilines is 1. The minimum Gasteiger partial charge on any atom is -0.494 e. The molecule has 0 spiro atoms. The normalized spacial score (nSPS) is 16.4. The van der Waals surface area contributed by atoms with Gasteiger partial charge in [0.25, 0.3) is 0 Å². The van der Waals surface area contributed by atoms with Gasteiger partial charge in [-0.05, 0) is 48.7 Å². The monoisotopic (exact) mass is 404 g/mol. The van der Waals surface area contributed by atoms with Gasteiger partial charge in [-0.2, -0.15) is 0 Å². The standard InChI is InChI=1S/C21H26F2N2O2Si/c1-5-27-15-6-7-16-13(10-15)8-9-24-19(16)21(26)25-14-11-17(22)20(18(23)12-14)28(2,3)4/h6-7,10-12,19,24H,5,8-9H2,1-4H3,(H,25,26)/t19-/m1/s1. The minimum absolute atomic E-state index is 0.127. The largest absolute Gasteiger partial charge is 0.494 e. The Morgan fingerprint density at radius 2 is 1.89 bits per heavy atom. The van der Waals surface area contributed by atoms with Gasteiger partial charge in [0, 0.05) is 17.4 Å². The Kier molecular flexibility index (Phi) is 5.86. The van der Waals surface area contributed by atoms with Crippen molar-refractivity contribution in [3.8, 4) is 5.75 Å². The van der Waals surface area contributed by atoms with Crippen LogP contribution < -0.4 is 20.6 Å². The van der Waals surface area contributed by atoms with Crippen molar-refractivity contribution in [1.82, 2.24) is 5.32 Å². The molecule has 2 N–H and O–H groups in total. The summed E-state index contributed by atoms with van der Waals surface area (Å²) in [5.74, 6) is -0.779. The highest BCUT2D eigenvalue weighted by molar-refractivity contribution is 6.88. The molecule has 150 valence electrons. The molecule has 4 nitrogen and oxygen atoms in total. The number of hydrogen-bond acceptors (Lipinski definition) is 3. The van der Waals surface area contributed by atoms with Crippen LogP contribution >= 0.6 is 0 Å². The number of nitrogens with one attached hydrogen (secondary N) is 2. The second-order valence-corrected chi connectivity index (χ2v) is 13.0. The van der Waals surface area contributed by atoms with Gasteiger partial charge in [0.05, 0.1) is 14.7 Å². The van der Waals surface area contributed by atoms with Crippen molar-refractivity contribution >= 4 is 24.9 Å². The quantitative estimate of drug-likeness (QED) is 0.747. The fraction of sp³-hybridized carbons (Fsp3) is 0.381. The summed E-state index contributed by atoms with van der Waals surface area (Å²) in [5.41, 5.74) is 2.02. The average molecular weight is 405 g/mol. The van der Waals surface area contributed by atoms with Crippen molar-refractivity contribution in [2.45, 2.75) is 39.0 Å². The molecule has 1 atom stereocenters. The first-order valence-corrected chi connectivity index (χ1v) is 13.0. The number of halogens is 2. The fourth-order valence-corrected chi connectivity index (χ4v) is 5.19. The maximum atomic E-state index is 14.5. The lowest BCUT2D eigenvalue weighted by Gasteiger charge is -2.27. The number of fused-ring (bicyclic) bond motifs is 1. The molecular weight excluding hydrogens is 378 g/mol.